The molecule has 0 unspecified atom stereocenters. The summed E-state index contributed by atoms with van der Waals surface area (Å²) in [7, 11) is -3.60. The molecule has 0 fully saturated rings. The van der Waals surface area contributed by atoms with Gasteiger partial charge in [0.05, 0.1) is 18.2 Å². The molecule has 1 heterocycles. The molecule has 25 heavy (non-hydrogen) atoms. The van der Waals surface area contributed by atoms with Gasteiger partial charge in [0.15, 0.2) is 0 Å². The summed E-state index contributed by atoms with van der Waals surface area (Å²) >= 11 is 1.51. The van der Waals surface area contributed by atoms with Crippen LogP contribution >= 0.6 is 11.3 Å². The molecule has 1 N–H and O–H groups in total. The zero-order valence-electron chi connectivity index (χ0n) is 14.6. The number of carbonyl (C=O) groups excluding carboxylic acids is 1. The third-order valence-electron chi connectivity index (χ3n) is 3.45. The van der Waals surface area contributed by atoms with Crippen molar-refractivity contribution in [1.82, 2.24) is 5.43 Å². The number of amides is 1. The summed E-state index contributed by atoms with van der Waals surface area (Å²) < 4.78 is 25.3. The molecular weight excluding hydrogens is 358 g/mol. The number of rotatable bonds is 6. The number of carbonyl (C=O) groups is 1. The van der Waals surface area contributed by atoms with Gasteiger partial charge in [0.1, 0.15) is 6.54 Å². The second-order valence-electron chi connectivity index (χ2n) is 5.88. The molecule has 0 atom stereocenters. The number of hydrazone groups is 1. The molecule has 134 valence electrons. The number of hydrogen-bond donors (Lipinski definition) is 1. The van der Waals surface area contributed by atoms with Gasteiger partial charge in [-0.1, -0.05) is 6.07 Å². The zero-order chi connectivity index (χ0) is 18.6. The van der Waals surface area contributed by atoms with Crippen LogP contribution in [0.15, 0.2) is 34.7 Å². The van der Waals surface area contributed by atoms with Gasteiger partial charge >= 0.3 is 0 Å². The zero-order valence-corrected chi connectivity index (χ0v) is 16.2. The molecule has 0 aliphatic heterocycles. The predicted octanol–water partition coefficient (Wildman–Crippen LogP) is 2.59. The van der Waals surface area contributed by atoms with E-state index in [1.807, 2.05) is 38.3 Å². The van der Waals surface area contributed by atoms with E-state index < -0.39 is 15.9 Å². The quantitative estimate of drug-likeness (QED) is 0.619. The van der Waals surface area contributed by atoms with E-state index in [2.05, 4.69) is 10.5 Å². The number of nitrogens with one attached hydrogen (secondary N) is 1. The minimum Gasteiger partial charge on any atom is -0.271 e. The molecule has 0 radical (unpaired) electrons. The van der Waals surface area contributed by atoms with Crippen LogP contribution in [0.25, 0.3) is 0 Å². The summed E-state index contributed by atoms with van der Waals surface area (Å²) in [5.41, 5.74) is 5.76. The lowest BCUT2D eigenvalue weighted by Crippen LogP contribution is -2.39. The van der Waals surface area contributed by atoms with E-state index in [-0.39, 0.29) is 6.54 Å². The molecule has 8 heteroatoms. The summed E-state index contributed by atoms with van der Waals surface area (Å²) in [6, 6.07) is 7.37. The Morgan fingerprint density at radius 1 is 1.24 bits per heavy atom. The molecule has 1 aromatic carbocycles. The van der Waals surface area contributed by atoms with Crippen LogP contribution in [0.2, 0.25) is 0 Å². The number of hydrogen-bond acceptors (Lipinski definition) is 5. The molecule has 0 aliphatic carbocycles. The van der Waals surface area contributed by atoms with Gasteiger partial charge < -0.3 is 0 Å². The van der Waals surface area contributed by atoms with Crippen molar-refractivity contribution in [2.24, 2.45) is 5.10 Å². The second-order valence-corrected chi connectivity index (χ2v) is 8.73. The van der Waals surface area contributed by atoms with E-state index >= 15 is 0 Å². The molecule has 6 nitrogen and oxygen atoms in total. The fourth-order valence-corrected chi connectivity index (χ4v) is 3.97. The lowest BCUT2D eigenvalue weighted by atomic mass is 10.1. The maximum atomic E-state index is 12.1. The highest BCUT2D eigenvalue weighted by atomic mass is 32.2. The Balaban J connectivity index is 2.13. The van der Waals surface area contributed by atoms with Crippen LogP contribution in [0.5, 0.6) is 0 Å². The molecule has 1 aromatic heterocycles. The minimum absolute atomic E-state index is 0.331. The molecule has 0 saturated heterocycles. The van der Waals surface area contributed by atoms with Crippen molar-refractivity contribution in [3.8, 4) is 0 Å². The Kier molecular flexibility index (Phi) is 5.97. The summed E-state index contributed by atoms with van der Waals surface area (Å²) in [6.45, 7) is 5.38. The van der Waals surface area contributed by atoms with Gasteiger partial charge in [0.2, 0.25) is 10.0 Å². The first-order valence-corrected chi connectivity index (χ1v) is 10.3. The first kappa shape index (κ1) is 19.1. The largest absolute Gasteiger partial charge is 0.271 e. The third-order valence-corrected chi connectivity index (χ3v) is 5.55. The number of thiophene rings is 1. The maximum absolute atomic E-state index is 12.1. The normalized spacial score (nSPS) is 11.7. The highest BCUT2D eigenvalue weighted by molar-refractivity contribution is 7.92. The Morgan fingerprint density at radius 2 is 1.88 bits per heavy atom. The molecule has 0 saturated carbocycles. The molecule has 1 amide bonds. The Morgan fingerprint density at radius 3 is 2.40 bits per heavy atom. The van der Waals surface area contributed by atoms with Crippen molar-refractivity contribution in [3.05, 3.63) is 51.2 Å². The number of nitrogens with zero attached hydrogens (tertiary/aromatic N) is 2. The Labute approximate surface area is 152 Å². The standard InChI is InChI=1S/C17H21N3O3S2/c1-12-7-13(2)9-15(8-12)20(25(4,22)23)11-17(21)19-18-10-16-14(3)5-6-24-16/h5-10H,11H2,1-4H3,(H,19,21)/b18-10-. The molecular formula is C17H21N3O3S2. The number of benzene rings is 1. The highest BCUT2D eigenvalue weighted by Crippen LogP contribution is 2.21. The average Bonchev–Trinajstić information content (AvgIpc) is 2.88. The Bertz CT molecular complexity index is 881. The first-order valence-electron chi connectivity index (χ1n) is 7.59. The summed E-state index contributed by atoms with van der Waals surface area (Å²) in [5, 5.41) is 5.84. The topological polar surface area (TPSA) is 78.8 Å². The summed E-state index contributed by atoms with van der Waals surface area (Å²) in [4.78, 5) is 13.1. The second kappa shape index (κ2) is 7.79. The van der Waals surface area contributed by atoms with E-state index in [4.69, 9.17) is 0 Å². The molecule has 0 bridgehead atoms. The summed E-state index contributed by atoms with van der Waals surface area (Å²) in [5.74, 6) is -0.505. The predicted molar refractivity (Wildman–Crippen MR) is 103 cm³/mol. The van der Waals surface area contributed by atoms with Crippen LogP contribution in [0.4, 0.5) is 5.69 Å². The van der Waals surface area contributed by atoms with Crippen LogP contribution in [-0.2, 0) is 14.8 Å². The highest BCUT2D eigenvalue weighted by Gasteiger charge is 2.21. The maximum Gasteiger partial charge on any atom is 0.260 e. The van der Waals surface area contributed by atoms with E-state index in [9.17, 15) is 13.2 Å². The lowest BCUT2D eigenvalue weighted by Gasteiger charge is -2.22. The Hall–Kier alpha value is -2.19. The van der Waals surface area contributed by atoms with E-state index in [0.717, 1.165) is 32.1 Å². The van der Waals surface area contributed by atoms with Gasteiger partial charge in [-0.05, 0) is 61.0 Å². The van der Waals surface area contributed by atoms with Crippen molar-refractivity contribution >= 4 is 39.2 Å². The summed E-state index contributed by atoms with van der Waals surface area (Å²) in [6.07, 6.45) is 2.63. The van der Waals surface area contributed by atoms with Gasteiger partial charge in [-0.2, -0.15) is 5.10 Å². The van der Waals surface area contributed by atoms with Crippen LogP contribution in [-0.4, -0.2) is 33.3 Å². The number of sulfonamides is 1. The van der Waals surface area contributed by atoms with E-state index in [0.29, 0.717) is 5.69 Å². The van der Waals surface area contributed by atoms with Crippen molar-refractivity contribution < 1.29 is 13.2 Å². The van der Waals surface area contributed by atoms with Crippen LogP contribution in [0, 0.1) is 20.8 Å². The van der Waals surface area contributed by atoms with Gasteiger partial charge in [0.25, 0.3) is 5.91 Å². The molecule has 0 aliphatic rings. The van der Waals surface area contributed by atoms with Gasteiger partial charge in [-0.3, -0.25) is 9.10 Å². The van der Waals surface area contributed by atoms with Crippen molar-refractivity contribution in [2.75, 3.05) is 17.1 Å². The van der Waals surface area contributed by atoms with Gasteiger partial charge in [-0.15, -0.1) is 11.3 Å². The van der Waals surface area contributed by atoms with Crippen LogP contribution in [0.3, 0.4) is 0 Å². The van der Waals surface area contributed by atoms with Crippen molar-refractivity contribution in [1.29, 1.82) is 0 Å². The SMILES string of the molecule is Cc1cc(C)cc(N(CC(=O)N/N=C\c2sccc2C)S(C)(=O)=O)c1. The van der Waals surface area contributed by atoms with E-state index in [1.54, 1.807) is 18.3 Å². The first-order chi connectivity index (χ1) is 11.7. The third kappa shape index (κ3) is 5.40. The monoisotopic (exact) mass is 379 g/mol. The van der Waals surface area contributed by atoms with E-state index in [1.165, 1.54) is 11.3 Å². The van der Waals surface area contributed by atoms with Gasteiger partial charge in [0, 0.05) is 4.88 Å². The molecule has 2 aromatic rings. The van der Waals surface area contributed by atoms with Gasteiger partial charge in [-0.25, -0.2) is 13.8 Å². The fraction of sp³-hybridized carbons (Fsp3) is 0.294. The van der Waals surface area contributed by atoms with Crippen LogP contribution in [0.1, 0.15) is 21.6 Å². The van der Waals surface area contributed by atoms with Crippen molar-refractivity contribution in [3.63, 3.8) is 0 Å². The smallest absolute Gasteiger partial charge is 0.260 e. The minimum atomic E-state index is -3.60. The fourth-order valence-electron chi connectivity index (χ4n) is 2.34. The lowest BCUT2D eigenvalue weighted by molar-refractivity contribution is -0.119. The average molecular weight is 380 g/mol. The van der Waals surface area contributed by atoms with Crippen molar-refractivity contribution in [2.45, 2.75) is 20.8 Å². The molecule has 2 rings (SSSR count). The molecule has 0 spiro atoms. The number of aryl methyl sites for hydroxylation is 3. The van der Waals surface area contributed by atoms with Crippen LogP contribution < -0.4 is 9.73 Å². The number of anilines is 1.